The minimum Gasteiger partial charge on any atom is -0.378 e. The Balaban J connectivity index is 1.62. The zero-order chi connectivity index (χ0) is 17.3. The van der Waals surface area contributed by atoms with Gasteiger partial charge in [-0.1, -0.05) is 18.0 Å². The topological polar surface area (TPSA) is 41.8 Å². The third-order valence-electron chi connectivity index (χ3n) is 5.79. The van der Waals surface area contributed by atoms with Crippen LogP contribution in [-0.4, -0.2) is 48.3 Å². The van der Waals surface area contributed by atoms with E-state index in [4.69, 9.17) is 16.3 Å². The monoisotopic (exact) mass is 352 g/mol. The molecule has 2 aliphatic carbocycles. The maximum atomic E-state index is 6.09. The van der Waals surface area contributed by atoms with Gasteiger partial charge in [-0.05, 0) is 32.3 Å². The van der Waals surface area contributed by atoms with Crippen LogP contribution in [0, 0.1) is 5.41 Å². The highest BCUT2D eigenvalue weighted by Gasteiger charge is 2.59. The predicted octanol–water partition coefficient (Wildman–Crippen LogP) is 3.03. The molecule has 5 nitrogen and oxygen atoms in total. The lowest BCUT2D eigenvalue weighted by Gasteiger charge is -2.61. The number of aryl methyl sites for hydroxylation is 1. The van der Waals surface area contributed by atoms with Crippen LogP contribution in [0.15, 0.2) is 17.3 Å². The first kappa shape index (κ1) is 17.6. The number of nitrogens with zero attached hydrogens (tertiary/aromatic N) is 3. The highest BCUT2D eigenvalue weighted by atomic mass is 35.5. The van der Waals surface area contributed by atoms with E-state index in [9.17, 15) is 0 Å². The summed E-state index contributed by atoms with van der Waals surface area (Å²) in [5.74, 6) is 0.943. The van der Waals surface area contributed by atoms with E-state index in [1.807, 2.05) is 26.4 Å². The maximum absolute atomic E-state index is 6.09. The van der Waals surface area contributed by atoms with Crippen molar-refractivity contribution in [3.63, 3.8) is 0 Å². The van der Waals surface area contributed by atoms with E-state index in [1.165, 1.54) is 25.0 Å². The van der Waals surface area contributed by atoms with Crippen molar-refractivity contribution in [2.75, 3.05) is 20.7 Å². The highest BCUT2D eigenvalue weighted by Crippen LogP contribution is 2.57. The molecule has 0 aliphatic heterocycles. The van der Waals surface area contributed by atoms with Gasteiger partial charge in [0.2, 0.25) is 0 Å². The quantitative estimate of drug-likeness (QED) is 0.654. The minimum atomic E-state index is 0.334. The van der Waals surface area contributed by atoms with Crippen molar-refractivity contribution in [1.29, 1.82) is 0 Å². The lowest BCUT2D eigenvalue weighted by molar-refractivity contribution is -0.168. The van der Waals surface area contributed by atoms with Crippen molar-refractivity contribution in [2.45, 2.75) is 51.3 Å². The van der Waals surface area contributed by atoms with E-state index in [0.29, 0.717) is 17.6 Å². The van der Waals surface area contributed by atoms with Crippen LogP contribution in [0.5, 0.6) is 0 Å². The van der Waals surface area contributed by atoms with Gasteiger partial charge in [0, 0.05) is 51.1 Å². The summed E-state index contributed by atoms with van der Waals surface area (Å²) < 4.78 is 8.01. The number of hydrogen-bond acceptors (Lipinski definition) is 2. The smallest absolute Gasteiger partial charge is 0.193 e. The molecular weight excluding hydrogens is 324 g/mol. The van der Waals surface area contributed by atoms with Crippen LogP contribution in [0.25, 0.3) is 0 Å². The van der Waals surface area contributed by atoms with E-state index in [0.717, 1.165) is 30.6 Å². The molecule has 1 spiro atoms. The molecule has 1 aromatic heterocycles. The summed E-state index contributed by atoms with van der Waals surface area (Å²) in [4.78, 5) is 6.64. The Bertz CT molecular complexity index is 608. The van der Waals surface area contributed by atoms with Crippen LogP contribution in [0.1, 0.15) is 38.3 Å². The van der Waals surface area contributed by atoms with Crippen molar-refractivity contribution in [3.8, 4) is 0 Å². The number of aliphatic imine (C=N–C) groups is 1. The average molecular weight is 353 g/mol. The minimum absolute atomic E-state index is 0.334. The Kier molecular flexibility index (Phi) is 5.11. The highest BCUT2D eigenvalue weighted by molar-refractivity contribution is 6.30. The summed E-state index contributed by atoms with van der Waals surface area (Å²) in [6, 6.07) is 2.48. The second-order valence-corrected chi connectivity index (χ2v) is 7.56. The zero-order valence-corrected chi connectivity index (χ0v) is 15.9. The number of nitrogens with one attached hydrogen (secondary N) is 1. The fourth-order valence-electron chi connectivity index (χ4n) is 4.18. The molecular formula is C18H29ClN4O. The lowest BCUT2D eigenvalue weighted by Crippen LogP contribution is -2.68. The molecule has 2 saturated carbocycles. The Morgan fingerprint density at radius 3 is 2.79 bits per heavy atom. The van der Waals surface area contributed by atoms with Gasteiger partial charge in [0.25, 0.3) is 0 Å². The fraction of sp³-hybridized carbons (Fsp3) is 0.722. The van der Waals surface area contributed by atoms with Crippen molar-refractivity contribution in [2.24, 2.45) is 17.5 Å². The Hall–Kier alpha value is -1.20. The summed E-state index contributed by atoms with van der Waals surface area (Å²) in [5, 5.41) is 4.46. The molecule has 24 heavy (non-hydrogen) atoms. The van der Waals surface area contributed by atoms with E-state index < -0.39 is 0 Å². The summed E-state index contributed by atoms with van der Waals surface area (Å²) in [5.41, 5.74) is 1.51. The van der Waals surface area contributed by atoms with Crippen molar-refractivity contribution in [1.82, 2.24) is 14.8 Å². The van der Waals surface area contributed by atoms with E-state index in [2.05, 4.69) is 33.7 Å². The van der Waals surface area contributed by atoms with Gasteiger partial charge in [0.1, 0.15) is 0 Å². The predicted molar refractivity (Wildman–Crippen MR) is 98.5 cm³/mol. The third-order valence-corrected chi connectivity index (χ3v) is 5.99. The molecule has 134 valence electrons. The van der Waals surface area contributed by atoms with Gasteiger partial charge in [-0.15, -0.1) is 0 Å². The molecule has 0 amide bonds. The largest absolute Gasteiger partial charge is 0.378 e. The molecule has 0 saturated heterocycles. The van der Waals surface area contributed by atoms with E-state index >= 15 is 0 Å². The first-order valence-corrected chi connectivity index (χ1v) is 9.24. The van der Waals surface area contributed by atoms with E-state index in [1.54, 1.807) is 0 Å². The fourth-order valence-corrected chi connectivity index (χ4v) is 4.46. The summed E-state index contributed by atoms with van der Waals surface area (Å²) in [7, 11) is 5.94. The molecule has 2 fully saturated rings. The number of ether oxygens (including phenoxy) is 1. The van der Waals surface area contributed by atoms with Crippen LogP contribution < -0.4 is 5.32 Å². The molecule has 1 aromatic rings. The van der Waals surface area contributed by atoms with Gasteiger partial charge in [0.05, 0.1) is 17.7 Å². The first-order valence-electron chi connectivity index (χ1n) is 8.87. The standard InChI is InChI=1S/C18H29ClN4O/c1-5-24-16-10-15(18(16)7-6-8-18)21-17(20-2)23(4)12-14-9-13(19)11-22(14)3/h9,11,15-16H,5-8,10,12H2,1-4H3,(H,20,21). The lowest BCUT2D eigenvalue weighted by atomic mass is 9.51. The molecule has 6 heteroatoms. The van der Waals surface area contributed by atoms with Crippen molar-refractivity contribution < 1.29 is 4.74 Å². The van der Waals surface area contributed by atoms with Gasteiger partial charge in [-0.3, -0.25) is 4.99 Å². The summed E-state index contributed by atoms with van der Waals surface area (Å²) in [6.07, 6.45) is 7.29. The second-order valence-electron chi connectivity index (χ2n) is 7.13. The second kappa shape index (κ2) is 6.96. The number of aromatic nitrogens is 1. The maximum Gasteiger partial charge on any atom is 0.193 e. The van der Waals surface area contributed by atoms with Crippen LogP contribution in [-0.2, 0) is 18.3 Å². The van der Waals surface area contributed by atoms with Gasteiger partial charge in [-0.2, -0.15) is 0 Å². The van der Waals surface area contributed by atoms with Gasteiger partial charge < -0.3 is 19.5 Å². The van der Waals surface area contributed by atoms with E-state index in [-0.39, 0.29) is 0 Å². The van der Waals surface area contributed by atoms with Crippen LogP contribution in [0.2, 0.25) is 5.02 Å². The summed E-state index contributed by atoms with van der Waals surface area (Å²) >= 11 is 6.09. The van der Waals surface area contributed by atoms with Gasteiger partial charge in [-0.25, -0.2) is 0 Å². The Morgan fingerprint density at radius 2 is 2.29 bits per heavy atom. The number of hydrogen-bond donors (Lipinski definition) is 1. The molecule has 3 rings (SSSR count). The molecule has 1 N–H and O–H groups in total. The molecule has 2 aliphatic rings. The van der Waals surface area contributed by atoms with Crippen LogP contribution in [0.3, 0.4) is 0 Å². The van der Waals surface area contributed by atoms with Gasteiger partial charge in [0.15, 0.2) is 5.96 Å². The normalized spacial score (nSPS) is 25.3. The van der Waals surface area contributed by atoms with Crippen LogP contribution in [0.4, 0.5) is 0 Å². The molecule has 1 heterocycles. The first-order chi connectivity index (χ1) is 11.5. The zero-order valence-electron chi connectivity index (χ0n) is 15.2. The summed E-state index contributed by atoms with van der Waals surface area (Å²) in [6.45, 7) is 3.67. The van der Waals surface area contributed by atoms with Crippen molar-refractivity contribution >= 4 is 17.6 Å². The Morgan fingerprint density at radius 1 is 1.54 bits per heavy atom. The Labute approximate surface area is 150 Å². The molecule has 0 bridgehead atoms. The molecule has 0 aromatic carbocycles. The molecule has 2 atom stereocenters. The number of halogens is 1. The van der Waals surface area contributed by atoms with Gasteiger partial charge >= 0.3 is 0 Å². The van der Waals surface area contributed by atoms with Crippen LogP contribution >= 0.6 is 11.6 Å². The number of guanidine groups is 1. The average Bonchev–Trinajstić information content (AvgIpc) is 2.78. The van der Waals surface area contributed by atoms with Crippen molar-refractivity contribution in [3.05, 3.63) is 23.0 Å². The number of rotatable bonds is 5. The third kappa shape index (κ3) is 3.04. The SMILES string of the molecule is CCOC1CC(NC(=NC)N(C)Cc2cc(Cl)cn2C)C12CCC2. The molecule has 0 radical (unpaired) electrons. The molecule has 2 unspecified atom stereocenters.